The minimum absolute atomic E-state index is 0.0554. The van der Waals surface area contributed by atoms with Crippen molar-refractivity contribution < 1.29 is 14.6 Å². The minimum atomic E-state index is -0.274. The third kappa shape index (κ3) is 4.48. The first-order valence-electron chi connectivity index (χ1n) is 5.26. The second-order valence-corrected chi connectivity index (χ2v) is 4.71. The van der Waals surface area contributed by atoms with E-state index in [1.807, 2.05) is 13.8 Å². The van der Waals surface area contributed by atoms with Gasteiger partial charge in [-0.1, -0.05) is 13.8 Å². The van der Waals surface area contributed by atoms with Crippen molar-refractivity contribution in [3.8, 4) is 0 Å². The summed E-state index contributed by atoms with van der Waals surface area (Å²) in [5.41, 5.74) is -0.274. The Balaban J connectivity index is 2.18. The Labute approximate surface area is 90.2 Å². The molecule has 0 aromatic heterocycles. The number of aliphatic hydroxyl groups excluding tert-OH is 1. The van der Waals surface area contributed by atoms with Gasteiger partial charge in [-0.15, -0.1) is 0 Å². The van der Waals surface area contributed by atoms with Crippen LogP contribution in [-0.2, 0) is 4.74 Å². The number of nitrogens with one attached hydrogen (secondary N) is 2. The summed E-state index contributed by atoms with van der Waals surface area (Å²) in [6, 6.07) is -0.0609. The SMILES string of the molecule is CC(C)(CO)CNC(=O)NC1CCOC1. The van der Waals surface area contributed by atoms with E-state index < -0.39 is 0 Å². The van der Waals surface area contributed by atoms with E-state index in [1.165, 1.54) is 0 Å². The Morgan fingerprint density at radius 3 is 2.87 bits per heavy atom. The molecule has 2 amide bonds. The van der Waals surface area contributed by atoms with E-state index in [4.69, 9.17) is 9.84 Å². The molecule has 88 valence electrons. The smallest absolute Gasteiger partial charge is 0.315 e. The summed E-state index contributed by atoms with van der Waals surface area (Å²) < 4.78 is 5.14. The van der Waals surface area contributed by atoms with Gasteiger partial charge in [-0.25, -0.2) is 4.79 Å². The van der Waals surface area contributed by atoms with E-state index in [0.29, 0.717) is 19.8 Å². The highest BCUT2D eigenvalue weighted by molar-refractivity contribution is 5.74. The van der Waals surface area contributed by atoms with Gasteiger partial charge in [0.05, 0.1) is 12.6 Å². The lowest BCUT2D eigenvalue weighted by Crippen LogP contribution is -2.45. The summed E-state index contributed by atoms with van der Waals surface area (Å²) >= 11 is 0. The maximum absolute atomic E-state index is 11.4. The average Bonchev–Trinajstić information content (AvgIpc) is 2.68. The molecule has 1 unspecified atom stereocenters. The van der Waals surface area contributed by atoms with Crippen LogP contribution in [0.3, 0.4) is 0 Å². The Morgan fingerprint density at radius 2 is 2.33 bits per heavy atom. The van der Waals surface area contributed by atoms with Gasteiger partial charge in [-0.05, 0) is 6.42 Å². The van der Waals surface area contributed by atoms with Crippen molar-refractivity contribution in [1.29, 1.82) is 0 Å². The first-order chi connectivity index (χ1) is 7.03. The van der Waals surface area contributed by atoms with Crippen molar-refractivity contribution in [2.75, 3.05) is 26.4 Å². The molecule has 3 N–H and O–H groups in total. The fourth-order valence-corrected chi connectivity index (χ4v) is 1.26. The molecule has 1 atom stereocenters. The number of carbonyl (C=O) groups is 1. The molecule has 1 fully saturated rings. The minimum Gasteiger partial charge on any atom is -0.396 e. The largest absolute Gasteiger partial charge is 0.396 e. The molecule has 1 aliphatic rings. The molecule has 1 heterocycles. The Morgan fingerprint density at radius 1 is 1.60 bits per heavy atom. The highest BCUT2D eigenvalue weighted by Crippen LogP contribution is 2.11. The molecule has 0 spiro atoms. The topological polar surface area (TPSA) is 70.6 Å². The molecule has 0 aliphatic carbocycles. The number of urea groups is 1. The molecule has 0 aromatic carbocycles. The van der Waals surface area contributed by atoms with Gasteiger partial charge in [0.2, 0.25) is 0 Å². The van der Waals surface area contributed by atoms with Gasteiger partial charge in [0.1, 0.15) is 0 Å². The fraction of sp³-hybridized carbons (Fsp3) is 0.900. The summed E-state index contributed by atoms with van der Waals surface area (Å²) in [5.74, 6) is 0. The first kappa shape index (κ1) is 12.3. The molecular weight excluding hydrogens is 196 g/mol. The monoisotopic (exact) mass is 216 g/mol. The molecule has 1 aliphatic heterocycles. The van der Waals surface area contributed by atoms with E-state index in [-0.39, 0.29) is 24.1 Å². The zero-order chi connectivity index (χ0) is 11.3. The van der Waals surface area contributed by atoms with Crippen molar-refractivity contribution >= 4 is 6.03 Å². The number of ether oxygens (including phenoxy) is 1. The second-order valence-electron chi connectivity index (χ2n) is 4.71. The lowest BCUT2D eigenvalue weighted by molar-refractivity contribution is 0.156. The lowest BCUT2D eigenvalue weighted by Gasteiger charge is -2.22. The van der Waals surface area contributed by atoms with Crippen LogP contribution in [0.25, 0.3) is 0 Å². The average molecular weight is 216 g/mol. The van der Waals surface area contributed by atoms with Gasteiger partial charge in [0.15, 0.2) is 0 Å². The molecule has 5 nitrogen and oxygen atoms in total. The van der Waals surface area contributed by atoms with E-state index in [1.54, 1.807) is 0 Å². The maximum atomic E-state index is 11.4. The molecule has 0 saturated carbocycles. The van der Waals surface area contributed by atoms with E-state index in [0.717, 1.165) is 6.42 Å². The highest BCUT2D eigenvalue weighted by atomic mass is 16.5. The Kier molecular flexibility index (Phi) is 4.35. The summed E-state index contributed by atoms with van der Waals surface area (Å²) in [7, 11) is 0. The van der Waals surface area contributed by atoms with E-state index in [9.17, 15) is 4.79 Å². The van der Waals surface area contributed by atoms with Crippen LogP contribution in [0.15, 0.2) is 0 Å². The van der Waals surface area contributed by atoms with Crippen LogP contribution in [0.1, 0.15) is 20.3 Å². The molecule has 1 saturated heterocycles. The molecule has 0 radical (unpaired) electrons. The van der Waals surface area contributed by atoms with Gasteiger partial charge < -0.3 is 20.5 Å². The van der Waals surface area contributed by atoms with Crippen LogP contribution in [0.4, 0.5) is 4.79 Å². The molecular formula is C10H20N2O3. The van der Waals surface area contributed by atoms with Crippen molar-refractivity contribution in [3.05, 3.63) is 0 Å². The Bertz CT molecular complexity index is 213. The molecule has 5 heteroatoms. The van der Waals surface area contributed by atoms with Crippen molar-refractivity contribution in [1.82, 2.24) is 10.6 Å². The van der Waals surface area contributed by atoms with Gasteiger partial charge in [-0.3, -0.25) is 0 Å². The third-order valence-electron chi connectivity index (χ3n) is 2.42. The van der Waals surface area contributed by atoms with Crippen LogP contribution in [0, 0.1) is 5.41 Å². The van der Waals surface area contributed by atoms with Crippen molar-refractivity contribution in [2.24, 2.45) is 5.41 Å². The van der Waals surface area contributed by atoms with Gasteiger partial charge >= 0.3 is 6.03 Å². The standard InChI is InChI=1S/C10H20N2O3/c1-10(2,7-13)6-11-9(14)12-8-3-4-15-5-8/h8,13H,3-7H2,1-2H3,(H2,11,12,14). The summed E-state index contributed by atoms with van der Waals surface area (Å²) in [6.45, 7) is 5.62. The van der Waals surface area contributed by atoms with E-state index in [2.05, 4.69) is 10.6 Å². The second kappa shape index (κ2) is 5.32. The Hall–Kier alpha value is -0.810. The van der Waals surface area contributed by atoms with Crippen molar-refractivity contribution in [3.63, 3.8) is 0 Å². The number of hydrogen-bond acceptors (Lipinski definition) is 3. The van der Waals surface area contributed by atoms with Gasteiger partial charge in [-0.2, -0.15) is 0 Å². The zero-order valence-electron chi connectivity index (χ0n) is 9.38. The fourth-order valence-electron chi connectivity index (χ4n) is 1.26. The number of amides is 2. The number of rotatable bonds is 4. The molecule has 0 aromatic rings. The van der Waals surface area contributed by atoms with Crippen LogP contribution < -0.4 is 10.6 Å². The molecule has 15 heavy (non-hydrogen) atoms. The molecule has 0 bridgehead atoms. The normalized spacial score (nSPS) is 21.4. The summed E-state index contributed by atoms with van der Waals surface area (Å²) in [6.07, 6.45) is 0.872. The summed E-state index contributed by atoms with van der Waals surface area (Å²) in [5, 5.41) is 14.6. The predicted octanol–water partition coefficient (Wildman–Crippen LogP) is 0.0930. The van der Waals surface area contributed by atoms with Crippen LogP contribution in [0.2, 0.25) is 0 Å². The van der Waals surface area contributed by atoms with Crippen LogP contribution >= 0.6 is 0 Å². The quantitative estimate of drug-likeness (QED) is 0.624. The summed E-state index contributed by atoms with van der Waals surface area (Å²) in [4.78, 5) is 11.4. The van der Waals surface area contributed by atoms with Crippen LogP contribution in [0.5, 0.6) is 0 Å². The lowest BCUT2D eigenvalue weighted by atomic mass is 9.95. The van der Waals surface area contributed by atoms with Gasteiger partial charge in [0.25, 0.3) is 0 Å². The van der Waals surface area contributed by atoms with Crippen LogP contribution in [-0.4, -0.2) is 43.5 Å². The molecule has 1 rings (SSSR count). The number of aliphatic hydroxyl groups is 1. The highest BCUT2D eigenvalue weighted by Gasteiger charge is 2.20. The number of carbonyl (C=O) groups excluding carboxylic acids is 1. The zero-order valence-corrected chi connectivity index (χ0v) is 9.38. The van der Waals surface area contributed by atoms with Gasteiger partial charge in [0, 0.05) is 25.2 Å². The number of hydrogen-bond donors (Lipinski definition) is 3. The predicted molar refractivity (Wildman–Crippen MR) is 56.6 cm³/mol. The third-order valence-corrected chi connectivity index (χ3v) is 2.42. The van der Waals surface area contributed by atoms with Crippen molar-refractivity contribution in [2.45, 2.75) is 26.3 Å². The first-order valence-corrected chi connectivity index (χ1v) is 5.26. The van der Waals surface area contributed by atoms with E-state index >= 15 is 0 Å². The maximum Gasteiger partial charge on any atom is 0.315 e.